The minimum atomic E-state index is -0.849. The molecule has 0 radical (unpaired) electrons. The van der Waals surface area contributed by atoms with Crippen molar-refractivity contribution in [3.8, 4) is 0 Å². The number of benzene rings is 1. The zero-order valence-electron chi connectivity index (χ0n) is 10.8. The van der Waals surface area contributed by atoms with Gasteiger partial charge in [-0.05, 0) is 19.1 Å². The zero-order chi connectivity index (χ0) is 14.0. The lowest BCUT2D eigenvalue weighted by molar-refractivity contribution is -0.127. The largest absolute Gasteiger partial charge is 0.368 e. The van der Waals surface area contributed by atoms with Gasteiger partial charge in [-0.15, -0.1) is 0 Å². The molecule has 0 aliphatic carbocycles. The molecule has 0 saturated carbocycles. The first-order valence-electron chi connectivity index (χ1n) is 6.14. The highest BCUT2D eigenvalue weighted by Crippen LogP contribution is 2.19. The number of carbonyl (C=O) groups is 1. The van der Waals surface area contributed by atoms with E-state index in [1.54, 1.807) is 17.9 Å². The van der Waals surface area contributed by atoms with E-state index in [0.717, 1.165) is 6.07 Å². The van der Waals surface area contributed by atoms with Gasteiger partial charge in [-0.25, -0.2) is 8.78 Å². The molecule has 1 aromatic rings. The van der Waals surface area contributed by atoms with E-state index < -0.39 is 11.6 Å². The average Bonchev–Trinajstić information content (AvgIpc) is 2.41. The van der Waals surface area contributed by atoms with Crippen LogP contribution < -0.4 is 4.90 Å². The number of piperazine rings is 1. The molecule has 3 nitrogen and oxygen atoms in total. The second kappa shape index (κ2) is 5.38. The fraction of sp³-hybridized carbons (Fsp3) is 0.357. The highest BCUT2D eigenvalue weighted by molar-refractivity contribution is 5.92. The van der Waals surface area contributed by atoms with E-state index in [1.165, 1.54) is 6.07 Å². The van der Waals surface area contributed by atoms with Crippen molar-refractivity contribution in [2.75, 3.05) is 31.1 Å². The number of nitrogens with zero attached hydrogens (tertiary/aromatic N) is 2. The van der Waals surface area contributed by atoms with Gasteiger partial charge in [-0.2, -0.15) is 0 Å². The van der Waals surface area contributed by atoms with Crippen molar-refractivity contribution < 1.29 is 13.6 Å². The first-order chi connectivity index (χ1) is 8.99. The lowest BCUT2D eigenvalue weighted by Gasteiger charge is -2.36. The Morgan fingerprint density at radius 3 is 2.32 bits per heavy atom. The van der Waals surface area contributed by atoms with Crippen LogP contribution >= 0.6 is 0 Å². The van der Waals surface area contributed by atoms with E-state index in [-0.39, 0.29) is 5.91 Å². The van der Waals surface area contributed by atoms with Crippen LogP contribution in [0.15, 0.2) is 30.4 Å². The smallest absolute Gasteiger partial charge is 0.249 e. The average molecular weight is 266 g/mol. The second-order valence-electron chi connectivity index (χ2n) is 4.66. The lowest BCUT2D eigenvalue weighted by Crippen LogP contribution is -2.49. The third kappa shape index (κ3) is 2.92. The maximum absolute atomic E-state index is 13.2. The fourth-order valence-corrected chi connectivity index (χ4v) is 2.12. The predicted octanol–water partition coefficient (Wildman–Crippen LogP) is 2.19. The molecule has 1 aliphatic heterocycles. The number of halogens is 2. The number of amides is 1. The van der Waals surface area contributed by atoms with Crippen molar-refractivity contribution in [2.24, 2.45) is 0 Å². The fourth-order valence-electron chi connectivity index (χ4n) is 2.12. The van der Waals surface area contributed by atoms with E-state index >= 15 is 0 Å². The van der Waals surface area contributed by atoms with E-state index in [4.69, 9.17) is 0 Å². The van der Waals surface area contributed by atoms with E-state index in [1.807, 2.05) is 4.90 Å². The van der Waals surface area contributed by atoms with Gasteiger partial charge in [-0.3, -0.25) is 4.79 Å². The van der Waals surface area contributed by atoms with Crippen LogP contribution in [0.1, 0.15) is 6.92 Å². The van der Waals surface area contributed by atoms with Gasteiger partial charge in [0, 0.05) is 43.5 Å². The van der Waals surface area contributed by atoms with Crippen molar-refractivity contribution in [2.45, 2.75) is 6.92 Å². The highest BCUT2D eigenvalue weighted by Gasteiger charge is 2.21. The SMILES string of the molecule is C=C(C)C(=O)N1CCN(c2ccc(F)c(F)c2)CC1. The van der Waals surface area contributed by atoms with Crippen molar-refractivity contribution in [1.29, 1.82) is 0 Å². The van der Waals surface area contributed by atoms with E-state index in [2.05, 4.69) is 6.58 Å². The summed E-state index contributed by atoms with van der Waals surface area (Å²) in [5.41, 5.74) is 1.16. The van der Waals surface area contributed by atoms with E-state index in [9.17, 15) is 13.6 Å². The van der Waals surface area contributed by atoms with Crippen LogP contribution in [0.2, 0.25) is 0 Å². The summed E-state index contributed by atoms with van der Waals surface area (Å²) in [4.78, 5) is 15.4. The summed E-state index contributed by atoms with van der Waals surface area (Å²) in [7, 11) is 0. The zero-order valence-corrected chi connectivity index (χ0v) is 10.8. The van der Waals surface area contributed by atoms with Crippen LogP contribution in [-0.2, 0) is 4.79 Å². The second-order valence-corrected chi connectivity index (χ2v) is 4.66. The Kier molecular flexibility index (Phi) is 3.83. The molecule has 1 fully saturated rings. The minimum absolute atomic E-state index is 0.0510. The lowest BCUT2D eigenvalue weighted by atomic mass is 10.2. The summed E-state index contributed by atoms with van der Waals surface area (Å²) in [6, 6.07) is 3.86. The Morgan fingerprint density at radius 1 is 1.16 bits per heavy atom. The summed E-state index contributed by atoms with van der Waals surface area (Å²) >= 11 is 0. The molecular formula is C14H16F2N2O. The summed E-state index contributed by atoms with van der Waals surface area (Å²) in [5.74, 6) is -1.75. The summed E-state index contributed by atoms with van der Waals surface area (Å²) in [5, 5.41) is 0. The molecular weight excluding hydrogens is 250 g/mol. The predicted molar refractivity (Wildman–Crippen MR) is 70.0 cm³/mol. The Hall–Kier alpha value is -1.91. The molecule has 19 heavy (non-hydrogen) atoms. The third-order valence-corrected chi connectivity index (χ3v) is 3.20. The molecule has 0 atom stereocenters. The summed E-state index contributed by atoms with van der Waals surface area (Å²) in [6.07, 6.45) is 0. The Morgan fingerprint density at radius 2 is 1.79 bits per heavy atom. The minimum Gasteiger partial charge on any atom is -0.368 e. The molecule has 0 unspecified atom stereocenters. The molecule has 0 N–H and O–H groups in total. The molecule has 5 heteroatoms. The summed E-state index contributed by atoms with van der Waals surface area (Å²) in [6.45, 7) is 7.64. The van der Waals surface area contributed by atoms with Crippen LogP contribution in [-0.4, -0.2) is 37.0 Å². The number of hydrogen-bond donors (Lipinski definition) is 0. The Balaban J connectivity index is 2.01. The molecule has 1 amide bonds. The van der Waals surface area contributed by atoms with Crippen molar-refractivity contribution in [3.05, 3.63) is 42.0 Å². The van der Waals surface area contributed by atoms with Gasteiger partial charge in [0.25, 0.3) is 0 Å². The Labute approximate surface area is 111 Å². The standard InChI is InChI=1S/C14H16F2N2O/c1-10(2)14(19)18-7-5-17(6-8-18)11-3-4-12(15)13(16)9-11/h3-4,9H,1,5-8H2,2H3. The van der Waals surface area contributed by atoms with Crippen LogP contribution in [0, 0.1) is 11.6 Å². The van der Waals surface area contributed by atoms with Gasteiger partial charge in [0.1, 0.15) is 0 Å². The number of hydrogen-bond acceptors (Lipinski definition) is 2. The number of carbonyl (C=O) groups excluding carboxylic acids is 1. The first-order valence-corrected chi connectivity index (χ1v) is 6.14. The third-order valence-electron chi connectivity index (χ3n) is 3.20. The van der Waals surface area contributed by atoms with Crippen LogP contribution in [0.25, 0.3) is 0 Å². The van der Waals surface area contributed by atoms with Crippen molar-refractivity contribution >= 4 is 11.6 Å². The van der Waals surface area contributed by atoms with Crippen molar-refractivity contribution in [1.82, 2.24) is 4.90 Å². The molecule has 1 saturated heterocycles. The Bertz CT molecular complexity index is 508. The molecule has 0 aromatic heterocycles. The highest BCUT2D eigenvalue weighted by atomic mass is 19.2. The molecule has 102 valence electrons. The van der Waals surface area contributed by atoms with Crippen LogP contribution in [0.5, 0.6) is 0 Å². The monoisotopic (exact) mass is 266 g/mol. The van der Waals surface area contributed by atoms with E-state index in [0.29, 0.717) is 37.4 Å². The van der Waals surface area contributed by atoms with Gasteiger partial charge >= 0.3 is 0 Å². The quantitative estimate of drug-likeness (QED) is 0.766. The van der Waals surface area contributed by atoms with Gasteiger partial charge in [0.2, 0.25) is 5.91 Å². The van der Waals surface area contributed by atoms with Gasteiger partial charge in [0.05, 0.1) is 0 Å². The maximum atomic E-state index is 13.2. The van der Waals surface area contributed by atoms with Gasteiger partial charge in [-0.1, -0.05) is 6.58 Å². The molecule has 1 heterocycles. The number of anilines is 1. The molecule has 1 aromatic carbocycles. The molecule has 2 rings (SSSR count). The molecule has 0 spiro atoms. The normalized spacial score (nSPS) is 15.5. The first kappa shape index (κ1) is 13.5. The molecule has 0 bridgehead atoms. The maximum Gasteiger partial charge on any atom is 0.249 e. The van der Waals surface area contributed by atoms with Crippen molar-refractivity contribution in [3.63, 3.8) is 0 Å². The van der Waals surface area contributed by atoms with Gasteiger partial charge < -0.3 is 9.80 Å². The number of rotatable bonds is 2. The summed E-state index contributed by atoms with van der Waals surface area (Å²) < 4.78 is 26.0. The van der Waals surface area contributed by atoms with Crippen LogP contribution in [0.4, 0.5) is 14.5 Å². The van der Waals surface area contributed by atoms with Gasteiger partial charge in [0.15, 0.2) is 11.6 Å². The molecule has 1 aliphatic rings. The van der Waals surface area contributed by atoms with Crippen LogP contribution in [0.3, 0.4) is 0 Å². The topological polar surface area (TPSA) is 23.6 Å².